The molecule has 31 heavy (non-hydrogen) atoms. The van der Waals surface area contributed by atoms with E-state index in [1.807, 2.05) is 32.9 Å². The van der Waals surface area contributed by atoms with Crippen LogP contribution >= 0.6 is 11.3 Å². The first-order valence-electron chi connectivity index (χ1n) is 10.8. The summed E-state index contributed by atoms with van der Waals surface area (Å²) in [6.07, 6.45) is 1.26. The van der Waals surface area contributed by atoms with Crippen LogP contribution in [0, 0.1) is 34.6 Å². The van der Waals surface area contributed by atoms with E-state index in [1.54, 1.807) is 11.3 Å². The Labute approximate surface area is 189 Å². The highest BCUT2D eigenvalue weighted by Gasteiger charge is 2.34. The molecule has 4 nitrogen and oxygen atoms in total. The fourth-order valence-electron chi connectivity index (χ4n) is 4.70. The minimum absolute atomic E-state index is 0.331. The van der Waals surface area contributed by atoms with Crippen LogP contribution in [-0.2, 0) is 9.84 Å². The van der Waals surface area contributed by atoms with Crippen molar-refractivity contribution in [3.05, 3.63) is 63.5 Å². The second kappa shape index (κ2) is 8.40. The number of piperidine rings is 1. The van der Waals surface area contributed by atoms with Crippen molar-refractivity contribution in [2.75, 3.05) is 18.0 Å². The number of hydrogen-bond donors (Lipinski definition) is 0. The Morgan fingerprint density at radius 1 is 0.968 bits per heavy atom. The molecule has 1 aromatic heterocycles. The molecule has 1 saturated heterocycles. The first-order valence-corrected chi connectivity index (χ1v) is 13.2. The number of anilines is 1. The number of nitrogens with zero attached hydrogens (tertiary/aromatic N) is 2. The molecular weight excluding hydrogens is 424 g/mol. The number of rotatable bonds is 4. The van der Waals surface area contributed by atoms with Gasteiger partial charge in [-0.25, -0.2) is 13.4 Å². The van der Waals surface area contributed by atoms with Crippen molar-refractivity contribution in [2.24, 2.45) is 0 Å². The fraction of sp³-hybridized carbons (Fsp3) is 0.400. The smallest absolute Gasteiger partial charge is 0.185 e. The van der Waals surface area contributed by atoms with E-state index in [-0.39, 0.29) is 5.25 Å². The Balaban J connectivity index is 1.51. The first kappa shape index (κ1) is 22.0. The van der Waals surface area contributed by atoms with Crippen molar-refractivity contribution in [2.45, 2.75) is 57.6 Å². The molecule has 1 aliphatic heterocycles. The number of aryl methyl sites for hydroxylation is 4. The standard InChI is InChI=1S/C25H30N2O2S2/c1-16-13-18(3)24(19(4)14-16)31(28,29)21-9-11-27(12-10-21)25-26-23(15-30-25)22-8-6-7-17(2)20(22)5/h6-8,13-15,21H,9-12H2,1-5H3. The number of aromatic nitrogens is 1. The zero-order valence-corrected chi connectivity index (χ0v) is 20.5. The lowest BCUT2D eigenvalue weighted by molar-refractivity contribution is 0.528. The van der Waals surface area contributed by atoms with Crippen LogP contribution in [0.25, 0.3) is 11.3 Å². The highest BCUT2D eigenvalue weighted by atomic mass is 32.2. The lowest BCUT2D eigenvalue weighted by atomic mass is 10.0. The van der Waals surface area contributed by atoms with E-state index in [0.717, 1.165) is 27.5 Å². The molecule has 0 bridgehead atoms. The van der Waals surface area contributed by atoms with E-state index >= 15 is 0 Å². The molecule has 164 valence electrons. The van der Waals surface area contributed by atoms with Gasteiger partial charge in [0.2, 0.25) is 0 Å². The molecule has 0 saturated carbocycles. The minimum atomic E-state index is -3.34. The van der Waals surface area contributed by atoms with Gasteiger partial charge in [0.25, 0.3) is 0 Å². The number of hydrogen-bond acceptors (Lipinski definition) is 5. The maximum Gasteiger partial charge on any atom is 0.185 e. The summed E-state index contributed by atoms with van der Waals surface area (Å²) in [4.78, 5) is 7.65. The Hall–Kier alpha value is -2.18. The van der Waals surface area contributed by atoms with Gasteiger partial charge in [0.1, 0.15) is 0 Å². The summed E-state index contributed by atoms with van der Waals surface area (Å²) < 4.78 is 26.8. The fourth-order valence-corrected chi connectivity index (χ4v) is 7.76. The summed E-state index contributed by atoms with van der Waals surface area (Å²) in [5, 5.41) is 2.76. The van der Waals surface area contributed by atoms with Crippen molar-refractivity contribution in [3.8, 4) is 11.3 Å². The van der Waals surface area contributed by atoms with Crippen LogP contribution in [0.5, 0.6) is 0 Å². The van der Waals surface area contributed by atoms with Gasteiger partial charge in [-0.1, -0.05) is 35.9 Å². The van der Waals surface area contributed by atoms with Crippen molar-refractivity contribution in [1.29, 1.82) is 0 Å². The average Bonchev–Trinajstić information content (AvgIpc) is 3.19. The van der Waals surface area contributed by atoms with Crippen LogP contribution in [0.1, 0.15) is 40.7 Å². The molecule has 1 aliphatic rings. The van der Waals surface area contributed by atoms with Crippen molar-refractivity contribution in [3.63, 3.8) is 0 Å². The summed E-state index contributed by atoms with van der Waals surface area (Å²) in [7, 11) is -3.34. The van der Waals surface area contributed by atoms with Gasteiger partial charge >= 0.3 is 0 Å². The number of sulfone groups is 1. The van der Waals surface area contributed by atoms with Crippen molar-refractivity contribution >= 4 is 26.3 Å². The summed E-state index contributed by atoms with van der Waals surface area (Å²) in [6, 6.07) is 10.3. The lowest BCUT2D eigenvalue weighted by Gasteiger charge is -2.32. The van der Waals surface area contributed by atoms with E-state index < -0.39 is 9.84 Å². The van der Waals surface area contributed by atoms with Crippen LogP contribution < -0.4 is 4.90 Å². The quantitative estimate of drug-likeness (QED) is 0.500. The van der Waals surface area contributed by atoms with Crippen LogP contribution in [-0.4, -0.2) is 31.7 Å². The van der Waals surface area contributed by atoms with Gasteiger partial charge in [0, 0.05) is 24.0 Å². The average molecular weight is 455 g/mol. The molecule has 2 heterocycles. The topological polar surface area (TPSA) is 50.3 Å². The number of thiazole rings is 1. The zero-order chi connectivity index (χ0) is 22.3. The van der Waals surface area contributed by atoms with Gasteiger partial charge in [-0.15, -0.1) is 11.3 Å². The molecule has 0 aliphatic carbocycles. The van der Waals surface area contributed by atoms with Crippen molar-refractivity contribution in [1.82, 2.24) is 4.98 Å². The second-order valence-electron chi connectivity index (χ2n) is 8.72. The Kier molecular flexibility index (Phi) is 5.97. The maximum absolute atomic E-state index is 13.4. The molecule has 0 radical (unpaired) electrons. The predicted molar refractivity (Wildman–Crippen MR) is 130 cm³/mol. The third-order valence-corrected chi connectivity index (χ3v) is 9.88. The first-order chi connectivity index (χ1) is 14.7. The van der Waals surface area contributed by atoms with Gasteiger partial charge < -0.3 is 4.90 Å². The molecule has 0 unspecified atom stereocenters. The minimum Gasteiger partial charge on any atom is -0.348 e. The van der Waals surface area contributed by atoms with Gasteiger partial charge in [-0.2, -0.15) is 0 Å². The van der Waals surface area contributed by atoms with Crippen LogP contribution in [0.15, 0.2) is 40.6 Å². The van der Waals surface area contributed by atoms with Crippen molar-refractivity contribution < 1.29 is 8.42 Å². The molecule has 0 atom stereocenters. The normalized spacial score (nSPS) is 15.5. The SMILES string of the molecule is Cc1cc(C)c(S(=O)(=O)C2CCN(c3nc(-c4cccc(C)c4C)cs3)CC2)c(C)c1. The van der Waals surface area contributed by atoms with E-state index in [1.165, 1.54) is 16.7 Å². The summed E-state index contributed by atoms with van der Waals surface area (Å²) in [5.41, 5.74) is 7.52. The van der Waals surface area contributed by atoms with Gasteiger partial charge in [-0.05, 0) is 69.7 Å². The zero-order valence-electron chi connectivity index (χ0n) is 18.9. The molecule has 3 aromatic rings. The highest BCUT2D eigenvalue weighted by Crippen LogP contribution is 2.34. The molecule has 0 amide bonds. The molecule has 2 aromatic carbocycles. The third-order valence-electron chi connectivity index (χ3n) is 6.41. The Morgan fingerprint density at radius 2 is 1.61 bits per heavy atom. The summed E-state index contributed by atoms with van der Waals surface area (Å²) in [5.74, 6) is 0. The highest BCUT2D eigenvalue weighted by molar-refractivity contribution is 7.92. The van der Waals surface area contributed by atoms with E-state index in [0.29, 0.717) is 30.8 Å². The van der Waals surface area contributed by atoms with E-state index in [2.05, 4.69) is 42.3 Å². The second-order valence-corrected chi connectivity index (χ2v) is 11.7. The monoisotopic (exact) mass is 454 g/mol. The lowest BCUT2D eigenvalue weighted by Crippen LogP contribution is -2.39. The van der Waals surface area contributed by atoms with Crippen LogP contribution in [0.4, 0.5) is 5.13 Å². The molecule has 6 heteroatoms. The van der Waals surface area contributed by atoms with Gasteiger partial charge in [0.05, 0.1) is 15.8 Å². The Morgan fingerprint density at radius 3 is 2.26 bits per heavy atom. The summed E-state index contributed by atoms with van der Waals surface area (Å²) >= 11 is 1.64. The number of benzene rings is 2. The molecule has 0 N–H and O–H groups in total. The van der Waals surface area contributed by atoms with Crippen LogP contribution in [0.2, 0.25) is 0 Å². The van der Waals surface area contributed by atoms with E-state index in [4.69, 9.17) is 4.98 Å². The molecule has 1 fully saturated rings. The molecule has 4 rings (SSSR count). The third kappa shape index (κ3) is 4.15. The largest absolute Gasteiger partial charge is 0.348 e. The molecular formula is C25H30N2O2S2. The maximum atomic E-state index is 13.4. The van der Waals surface area contributed by atoms with Gasteiger partial charge in [-0.3, -0.25) is 0 Å². The molecule has 0 spiro atoms. The van der Waals surface area contributed by atoms with E-state index in [9.17, 15) is 8.42 Å². The van der Waals surface area contributed by atoms with Crippen LogP contribution in [0.3, 0.4) is 0 Å². The predicted octanol–water partition coefficient (Wildman–Crippen LogP) is 5.79. The Bertz CT molecular complexity index is 1200. The summed E-state index contributed by atoms with van der Waals surface area (Å²) in [6.45, 7) is 11.5. The van der Waals surface area contributed by atoms with Gasteiger partial charge in [0.15, 0.2) is 15.0 Å².